The molecule has 23 heavy (non-hydrogen) atoms. The fraction of sp³-hybridized carbons (Fsp3) is 0.444. The first-order valence-electron chi connectivity index (χ1n) is 7.98. The van der Waals surface area contributed by atoms with Crippen LogP contribution < -0.4 is 11.1 Å². The molecule has 0 fully saturated rings. The predicted molar refractivity (Wildman–Crippen MR) is 95.0 cm³/mol. The Kier molecular flexibility index (Phi) is 5.42. The van der Waals surface area contributed by atoms with Crippen molar-refractivity contribution in [1.82, 2.24) is 5.16 Å². The standard InChI is InChI=1S/C18H26N4O/c1-11(2)15-7-6-8-16(9-15)21-18(19)20-10-12(3)17-13(4)22-23-14(17)5/h6-9,11-12H,10H2,1-5H3,(H3,19,20,21). The lowest BCUT2D eigenvalue weighted by Gasteiger charge is -2.11. The van der Waals surface area contributed by atoms with E-state index in [1.807, 2.05) is 26.0 Å². The van der Waals surface area contributed by atoms with Crippen molar-refractivity contribution in [3.63, 3.8) is 0 Å². The third-order valence-corrected chi connectivity index (χ3v) is 3.94. The lowest BCUT2D eigenvalue weighted by molar-refractivity contribution is 0.391. The van der Waals surface area contributed by atoms with Crippen LogP contribution in [0.5, 0.6) is 0 Å². The van der Waals surface area contributed by atoms with E-state index in [1.54, 1.807) is 0 Å². The van der Waals surface area contributed by atoms with Gasteiger partial charge in [0, 0.05) is 23.7 Å². The average Bonchev–Trinajstić information content (AvgIpc) is 2.84. The van der Waals surface area contributed by atoms with Crippen molar-refractivity contribution in [3.05, 3.63) is 46.8 Å². The monoisotopic (exact) mass is 314 g/mol. The Hall–Kier alpha value is -2.30. The average molecular weight is 314 g/mol. The van der Waals surface area contributed by atoms with Gasteiger partial charge in [-0.1, -0.05) is 38.1 Å². The number of nitrogens with zero attached hydrogens (tertiary/aromatic N) is 2. The molecule has 5 heteroatoms. The minimum absolute atomic E-state index is 0.212. The highest BCUT2D eigenvalue weighted by molar-refractivity contribution is 5.92. The van der Waals surface area contributed by atoms with Crippen LogP contribution in [-0.2, 0) is 0 Å². The van der Waals surface area contributed by atoms with E-state index in [0.717, 1.165) is 22.7 Å². The molecule has 1 unspecified atom stereocenters. The normalized spacial score (nSPS) is 13.4. The molecule has 124 valence electrons. The largest absolute Gasteiger partial charge is 0.370 e. The van der Waals surface area contributed by atoms with Gasteiger partial charge in [-0.3, -0.25) is 4.99 Å². The number of hydrogen-bond acceptors (Lipinski definition) is 3. The number of rotatable bonds is 5. The number of anilines is 1. The second-order valence-electron chi connectivity index (χ2n) is 6.27. The summed E-state index contributed by atoms with van der Waals surface area (Å²) in [5.74, 6) is 1.96. The fourth-order valence-corrected chi connectivity index (χ4v) is 2.68. The van der Waals surface area contributed by atoms with Gasteiger partial charge < -0.3 is 15.6 Å². The molecule has 0 saturated carbocycles. The van der Waals surface area contributed by atoms with Gasteiger partial charge in [0.2, 0.25) is 0 Å². The van der Waals surface area contributed by atoms with Gasteiger partial charge in [0.05, 0.1) is 5.69 Å². The van der Waals surface area contributed by atoms with Crippen molar-refractivity contribution in [2.45, 2.75) is 46.5 Å². The van der Waals surface area contributed by atoms with Crippen LogP contribution in [0.25, 0.3) is 0 Å². The first-order chi connectivity index (χ1) is 10.9. The minimum Gasteiger partial charge on any atom is -0.370 e. The third kappa shape index (κ3) is 4.34. The molecular weight excluding hydrogens is 288 g/mol. The van der Waals surface area contributed by atoms with Gasteiger partial charge in [-0.05, 0) is 37.5 Å². The first kappa shape index (κ1) is 17.1. The maximum Gasteiger partial charge on any atom is 0.193 e. The van der Waals surface area contributed by atoms with Crippen LogP contribution >= 0.6 is 0 Å². The van der Waals surface area contributed by atoms with Gasteiger partial charge in [-0.2, -0.15) is 0 Å². The SMILES string of the molecule is Cc1noc(C)c1C(C)CN=C(N)Nc1cccc(C(C)C)c1. The highest BCUT2D eigenvalue weighted by atomic mass is 16.5. The van der Waals surface area contributed by atoms with Crippen molar-refractivity contribution < 1.29 is 4.52 Å². The first-order valence-corrected chi connectivity index (χ1v) is 7.98. The Morgan fingerprint density at radius 1 is 1.30 bits per heavy atom. The second kappa shape index (κ2) is 7.31. The van der Waals surface area contributed by atoms with Gasteiger partial charge in [0.15, 0.2) is 5.96 Å². The summed E-state index contributed by atoms with van der Waals surface area (Å²) in [6.45, 7) is 10.9. The summed E-state index contributed by atoms with van der Waals surface area (Å²) in [6, 6.07) is 8.23. The van der Waals surface area contributed by atoms with Crippen LogP contribution in [-0.4, -0.2) is 17.7 Å². The molecule has 0 saturated heterocycles. The summed E-state index contributed by atoms with van der Waals surface area (Å²) in [4.78, 5) is 4.45. The zero-order valence-electron chi connectivity index (χ0n) is 14.6. The number of aryl methyl sites for hydroxylation is 2. The molecule has 5 nitrogen and oxygen atoms in total. The van der Waals surface area contributed by atoms with E-state index in [9.17, 15) is 0 Å². The molecule has 0 aliphatic rings. The number of guanidine groups is 1. The number of hydrogen-bond donors (Lipinski definition) is 2. The summed E-state index contributed by atoms with van der Waals surface area (Å²) in [6.07, 6.45) is 0. The molecule has 0 radical (unpaired) electrons. The summed E-state index contributed by atoms with van der Waals surface area (Å²) in [5.41, 5.74) is 10.3. The number of nitrogens with two attached hydrogens (primary N) is 1. The van der Waals surface area contributed by atoms with Crippen molar-refractivity contribution >= 4 is 11.6 Å². The van der Waals surface area contributed by atoms with Crippen LogP contribution in [0.1, 0.15) is 55.2 Å². The number of aliphatic imine (C=N–C) groups is 1. The van der Waals surface area contributed by atoms with Crippen LogP contribution in [0, 0.1) is 13.8 Å². The smallest absolute Gasteiger partial charge is 0.193 e. The molecule has 3 N–H and O–H groups in total. The van der Waals surface area contributed by atoms with Crippen LogP contribution in [0.15, 0.2) is 33.8 Å². The van der Waals surface area contributed by atoms with Gasteiger partial charge in [-0.25, -0.2) is 0 Å². The summed E-state index contributed by atoms with van der Waals surface area (Å²) in [5, 5.41) is 7.14. The van der Waals surface area contributed by atoms with Gasteiger partial charge in [-0.15, -0.1) is 0 Å². The van der Waals surface area contributed by atoms with E-state index >= 15 is 0 Å². The second-order valence-corrected chi connectivity index (χ2v) is 6.27. The van der Waals surface area contributed by atoms with E-state index in [2.05, 4.69) is 48.4 Å². The highest BCUT2D eigenvalue weighted by Gasteiger charge is 2.16. The quantitative estimate of drug-likeness (QED) is 0.647. The Balaban J connectivity index is 2.02. The molecule has 0 aliphatic carbocycles. The predicted octanol–water partition coefficient (Wildman–Crippen LogP) is 3.95. The molecule has 2 aromatic rings. The number of aromatic nitrogens is 1. The molecular formula is C18H26N4O. The fourth-order valence-electron chi connectivity index (χ4n) is 2.68. The van der Waals surface area contributed by atoms with Gasteiger partial charge in [0.25, 0.3) is 0 Å². The van der Waals surface area contributed by atoms with Gasteiger partial charge in [0.1, 0.15) is 5.76 Å². The molecule has 0 aliphatic heterocycles. The lowest BCUT2D eigenvalue weighted by atomic mass is 10.00. The Morgan fingerprint density at radius 3 is 2.65 bits per heavy atom. The van der Waals surface area contributed by atoms with Crippen LogP contribution in [0.3, 0.4) is 0 Å². The molecule has 1 aromatic carbocycles. The Morgan fingerprint density at radius 2 is 2.04 bits per heavy atom. The molecule has 1 atom stereocenters. The summed E-state index contributed by atoms with van der Waals surface area (Å²) < 4.78 is 5.21. The molecule has 0 bridgehead atoms. The minimum atomic E-state index is 0.212. The maximum atomic E-state index is 6.01. The lowest BCUT2D eigenvalue weighted by Crippen LogP contribution is -2.23. The zero-order chi connectivity index (χ0) is 17.0. The van der Waals surface area contributed by atoms with Crippen molar-refractivity contribution in [3.8, 4) is 0 Å². The summed E-state index contributed by atoms with van der Waals surface area (Å²) >= 11 is 0. The van der Waals surface area contributed by atoms with E-state index < -0.39 is 0 Å². The van der Waals surface area contributed by atoms with E-state index in [-0.39, 0.29) is 5.92 Å². The third-order valence-electron chi connectivity index (χ3n) is 3.94. The van der Waals surface area contributed by atoms with E-state index in [1.165, 1.54) is 5.56 Å². The maximum absolute atomic E-state index is 6.01. The van der Waals surface area contributed by atoms with E-state index in [4.69, 9.17) is 10.3 Å². The van der Waals surface area contributed by atoms with Gasteiger partial charge >= 0.3 is 0 Å². The van der Waals surface area contributed by atoms with Crippen LogP contribution in [0.2, 0.25) is 0 Å². The number of nitrogens with one attached hydrogen (secondary N) is 1. The molecule has 0 spiro atoms. The Labute approximate surface area is 138 Å². The summed E-state index contributed by atoms with van der Waals surface area (Å²) in [7, 11) is 0. The zero-order valence-corrected chi connectivity index (χ0v) is 14.6. The van der Waals surface area contributed by atoms with Crippen molar-refractivity contribution in [2.75, 3.05) is 11.9 Å². The topological polar surface area (TPSA) is 76.4 Å². The molecule has 1 aromatic heterocycles. The Bertz CT molecular complexity index is 669. The molecule has 0 amide bonds. The molecule has 2 rings (SSSR count). The molecule has 1 heterocycles. The van der Waals surface area contributed by atoms with E-state index in [0.29, 0.717) is 18.4 Å². The van der Waals surface area contributed by atoms with Crippen molar-refractivity contribution in [1.29, 1.82) is 0 Å². The highest BCUT2D eigenvalue weighted by Crippen LogP contribution is 2.23. The van der Waals surface area contributed by atoms with Crippen LogP contribution in [0.4, 0.5) is 5.69 Å². The number of benzene rings is 1. The van der Waals surface area contributed by atoms with Crippen molar-refractivity contribution in [2.24, 2.45) is 10.7 Å².